The van der Waals surface area contributed by atoms with Crippen LogP contribution < -0.4 is 4.57 Å². The molecule has 0 amide bonds. The highest BCUT2D eigenvalue weighted by molar-refractivity contribution is 5.18. The molecule has 0 fully saturated rings. The van der Waals surface area contributed by atoms with Crippen LogP contribution in [0.4, 0.5) is 0 Å². The van der Waals surface area contributed by atoms with E-state index in [2.05, 4.69) is 36.9 Å². The van der Waals surface area contributed by atoms with E-state index in [0.717, 1.165) is 13.0 Å². The largest absolute Gasteiger partial charge is 0.324 e. The lowest BCUT2D eigenvalue weighted by molar-refractivity contribution is -0.732. The van der Waals surface area contributed by atoms with Gasteiger partial charge in [-0.3, -0.25) is 0 Å². The Labute approximate surface area is 80.2 Å². The Morgan fingerprint density at radius 2 is 2.15 bits per heavy atom. The number of ether oxygens (including phenoxy) is 1. The molecule has 1 rings (SSSR count). The third kappa shape index (κ3) is 2.81. The molecule has 1 aromatic heterocycles. The van der Waals surface area contributed by atoms with Crippen LogP contribution in [0.3, 0.4) is 0 Å². The summed E-state index contributed by atoms with van der Waals surface area (Å²) in [6, 6.07) is 2.16. The van der Waals surface area contributed by atoms with Crippen LogP contribution in [0.2, 0.25) is 0 Å². The van der Waals surface area contributed by atoms with Crippen molar-refractivity contribution in [1.29, 1.82) is 0 Å². The highest BCUT2D eigenvalue weighted by Crippen LogP contribution is 2.03. The molecule has 0 N–H and O–H groups in total. The highest BCUT2D eigenvalue weighted by atomic mass is 16.5. The van der Waals surface area contributed by atoms with Gasteiger partial charge in [0.1, 0.15) is 0 Å². The van der Waals surface area contributed by atoms with Crippen molar-refractivity contribution in [3.05, 3.63) is 29.6 Å². The topological polar surface area (TPSA) is 13.1 Å². The highest BCUT2D eigenvalue weighted by Gasteiger charge is 2.03. The van der Waals surface area contributed by atoms with Gasteiger partial charge in [0.25, 0.3) is 6.73 Å². The number of hydrogen-bond donors (Lipinski definition) is 0. The van der Waals surface area contributed by atoms with E-state index in [-0.39, 0.29) is 0 Å². The van der Waals surface area contributed by atoms with Crippen LogP contribution in [0.25, 0.3) is 0 Å². The van der Waals surface area contributed by atoms with E-state index < -0.39 is 0 Å². The summed E-state index contributed by atoms with van der Waals surface area (Å²) in [5.74, 6) is 0. The molecule has 0 atom stereocenters. The van der Waals surface area contributed by atoms with E-state index in [0.29, 0.717) is 6.73 Å². The Kier molecular flexibility index (Phi) is 3.90. The van der Waals surface area contributed by atoms with Crippen LogP contribution in [-0.4, -0.2) is 6.61 Å². The molecule has 0 radical (unpaired) electrons. The zero-order valence-corrected chi connectivity index (χ0v) is 8.71. The van der Waals surface area contributed by atoms with Gasteiger partial charge in [-0.25, -0.2) is 0 Å². The van der Waals surface area contributed by atoms with Crippen LogP contribution in [0.15, 0.2) is 18.5 Å². The van der Waals surface area contributed by atoms with Crippen molar-refractivity contribution in [3.8, 4) is 0 Å². The Bertz CT molecular complexity index is 271. The lowest BCUT2D eigenvalue weighted by Crippen LogP contribution is -2.34. The van der Waals surface area contributed by atoms with Gasteiger partial charge in [-0.2, -0.15) is 4.57 Å². The summed E-state index contributed by atoms with van der Waals surface area (Å²) in [7, 11) is 0. The van der Waals surface area contributed by atoms with E-state index in [9.17, 15) is 0 Å². The zero-order chi connectivity index (χ0) is 9.68. The summed E-state index contributed by atoms with van der Waals surface area (Å²) in [6.07, 6.45) is 5.30. The number of pyridine rings is 1. The Balaban J connectivity index is 2.71. The van der Waals surface area contributed by atoms with Crippen molar-refractivity contribution in [2.75, 3.05) is 6.61 Å². The molecule has 72 valence electrons. The fraction of sp³-hybridized carbons (Fsp3) is 0.545. The summed E-state index contributed by atoms with van der Waals surface area (Å²) >= 11 is 0. The normalized spacial score (nSPS) is 10.4. The monoisotopic (exact) mass is 180 g/mol. The summed E-state index contributed by atoms with van der Waals surface area (Å²) < 4.78 is 7.38. The molecule has 0 aromatic carbocycles. The number of rotatable bonds is 4. The van der Waals surface area contributed by atoms with Crippen LogP contribution in [-0.2, 0) is 17.9 Å². The molecule has 0 aliphatic heterocycles. The molecular weight excluding hydrogens is 162 g/mol. The quantitative estimate of drug-likeness (QED) is 0.644. The maximum atomic E-state index is 5.31. The fourth-order valence-corrected chi connectivity index (χ4v) is 1.37. The van der Waals surface area contributed by atoms with E-state index >= 15 is 0 Å². The van der Waals surface area contributed by atoms with E-state index in [4.69, 9.17) is 4.74 Å². The standard InChI is InChI=1S/C11H18NO/c1-4-11-6-7-12(8-10(11)3)9-13-5-2/h6-8H,4-5,9H2,1-3H3/q+1. The summed E-state index contributed by atoms with van der Waals surface area (Å²) in [6.45, 7) is 7.74. The molecule has 0 unspecified atom stereocenters. The number of nitrogens with zero attached hydrogens (tertiary/aromatic N) is 1. The molecule has 13 heavy (non-hydrogen) atoms. The van der Waals surface area contributed by atoms with Crippen LogP contribution in [0.1, 0.15) is 25.0 Å². The minimum absolute atomic E-state index is 0.654. The third-order valence-corrected chi connectivity index (χ3v) is 2.16. The second-order valence-corrected chi connectivity index (χ2v) is 3.14. The van der Waals surface area contributed by atoms with Crippen molar-refractivity contribution >= 4 is 0 Å². The van der Waals surface area contributed by atoms with Crippen molar-refractivity contribution < 1.29 is 9.30 Å². The van der Waals surface area contributed by atoms with Gasteiger partial charge >= 0.3 is 0 Å². The van der Waals surface area contributed by atoms with Gasteiger partial charge in [0.05, 0.1) is 6.61 Å². The van der Waals surface area contributed by atoms with Crippen LogP contribution in [0.5, 0.6) is 0 Å². The minimum Gasteiger partial charge on any atom is -0.324 e. The van der Waals surface area contributed by atoms with E-state index in [1.165, 1.54) is 11.1 Å². The van der Waals surface area contributed by atoms with Gasteiger partial charge in [0.2, 0.25) is 0 Å². The van der Waals surface area contributed by atoms with Gasteiger partial charge in [-0.05, 0) is 25.8 Å². The summed E-state index contributed by atoms with van der Waals surface area (Å²) in [5, 5.41) is 0. The number of aromatic nitrogens is 1. The van der Waals surface area contributed by atoms with Crippen molar-refractivity contribution in [2.45, 2.75) is 33.9 Å². The number of aryl methyl sites for hydroxylation is 2. The fourth-order valence-electron chi connectivity index (χ4n) is 1.37. The molecular formula is C11H18NO+. The Hall–Kier alpha value is -0.890. The smallest absolute Gasteiger partial charge is 0.252 e. The molecule has 0 saturated heterocycles. The molecule has 0 aliphatic carbocycles. The Morgan fingerprint density at radius 1 is 1.38 bits per heavy atom. The van der Waals surface area contributed by atoms with E-state index in [1.807, 2.05) is 6.92 Å². The lowest BCUT2D eigenvalue weighted by Gasteiger charge is -2.01. The van der Waals surface area contributed by atoms with Gasteiger partial charge < -0.3 is 4.74 Å². The first-order chi connectivity index (χ1) is 6.27. The summed E-state index contributed by atoms with van der Waals surface area (Å²) in [5.41, 5.74) is 2.75. The average Bonchev–Trinajstić information content (AvgIpc) is 2.15. The molecule has 1 aromatic rings. The predicted octanol–water partition coefficient (Wildman–Crippen LogP) is 1.84. The molecule has 2 nitrogen and oxygen atoms in total. The van der Waals surface area contributed by atoms with E-state index in [1.54, 1.807) is 0 Å². The molecule has 1 heterocycles. The second-order valence-electron chi connectivity index (χ2n) is 3.14. The SMILES string of the molecule is CCOC[n+]1ccc(CC)c(C)c1. The second kappa shape index (κ2) is 4.97. The first kappa shape index (κ1) is 10.2. The first-order valence-corrected chi connectivity index (χ1v) is 4.84. The molecule has 0 spiro atoms. The van der Waals surface area contributed by atoms with Crippen molar-refractivity contribution in [2.24, 2.45) is 0 Å². The lowest BCUT2D eigenvalue weighted by atomic mass is 10.1. The van der Waals surface area contributed by atoms with Crippen LogP contribution in [0, 0.1) is 6.92 Å². The molecule has 0 bridgehead atoms. The van der Waals surface area contributed by atoms with Crippen molar-refractivity contribution in [3.63, 3.8) is 0 Å². The molecule has 0 aliphatic rings. The summed E-state index contributed by atoms with van der Waals surface area (Å²) in [4.78, 5) is 0. The van der Waals surface area contributed by atoms with Gasteiger partial charge in [-0.1, -0.05) is 6.92 Å². The third-order valence-electron chi connectivity index (χ3n) is 2.16. The minimum atomic E-state index is 0.654. The van der Waals surface area contributed by atoms with Crippen LogP contribution >= 0.6 is 0 Å². The Morgan fingerprint density at radius 3 is 2.69 bits per heavy atom. The maximum absolute atomic E-state index is 5.31. The first-order valence-electron chi connectivity index (χ1n) is 4.84. The maximum Gasteiger partial charge on any atom is 0.252 e. The predicted molar refractivity (Wildman–Crippen MR) is 52.4 cm³/mol. The molecule has 0 saturated carbocycles. The molecule has 2 heteroatoms. The van der Waals surface area contributed by atoms with Gasteiger partial charge in [-0.15, -0.1) is 0 Å². The van der Waals surface area contributed by atoms with Crippen molar-refractivity contribution in [1.82, 2.24) is 0 Å². The van der Waals surface area contributed by atoms with Gasteiger partial charge in [0, 0.05) is 11.6 Å². The average molecular weight is 180 g/mol. The zero-order valence-electron chi connectivity index (χ0n) is 8.71. The number of hydrogen-bond acceptors (Lipinski definition) is 1. The van der Waals surface area contributed by atoms with Gasteiger partial charge in [0.15, 0.2) is 12.4 Å².